The van der Waals surface area contributed by atoms with Crippen LogP contribution in [-0.2, 0) is 24.2 Å². The van der Waals surface area contributed by atoms with Gasteiger partial charge in [0.1, 0.15) is 0 Å². The van der Waals surface area contributed by atoms with Gasteiger partial charge in [0.15, 0.2) is 0 Å². The van der Waals surface area contributed by atoms with Crippen molar-refractivity contribution in [3.63, 3.8) is 0 Å². The molecule has 1 N–H and O–H groups in total. The van der Waals surface area contributed by atoms with Crippen LogP contribution in [0.25, 0.3) is 0 Å². The van der Waals surface area contributed by atoms with Crippen LogP contribution in [0.15, 0.2) is 6.07 Å². The molecule has 1 heterocycles. The standard InChI is InChI=1S/C12H21N3O/c1-4-10-9-11(5-2)15(14-10)8-7-12(16)13-6-3/h9H,4-8H2,1-3H3,(H,13,16). The van der Waals surface area contributed by atoms with Crippen molar-refractivity contribution < 1.29 is 4.79 Å². The highest BCUT2D eigenvalue weighted by Crippen LogP contribution is 2.07. The molecule has 16 heavy (non-hydrogen) atoms. The summed E-state index contributed by atoms with van der Waals surface area (Å²) >= 11 is 0. The van der Waals surface area contributed by atoms with Gasteiger partial charge in [0.2, 0.25) is 5.91 Å². The quantitative estimate of drug-likeness (QED) is 0.795. The van der Waals surface area contributed by atoms with E-state index in [1.165, 1.54) is 5.69 Å². The van der Waals surface area contributed by atoms with Crippen LogP contribution in [0.4, 0.5) is 0 Å². The number of hydrogen-bond acceptors (Lipinski definition) is 2. The zero-order valence-corrected chi connectivity index (χ0v) is 10.4. The Kier molecular flexibility index (Phi) is 5.02. The third-order valence-corrected chi connectivity index (χ3v) is 2.56. The van der Waals surface area contributed by atoms with Gasteiger partial charge in [-0.3, -0.25) is 9.48 Å². The van der Waals surface area contributed by atoms with Gasteiger partial charge in [0, 0.05) is 25.2 Å². The minimum Gasteiger partial charge on any atom is -0.356 e. The summed E-state index contributed by atoms with van der Waals surface area (Å²) in [6.07, 6.45) is 2.41. The first kappa shape index (κ1) is 12.7. The highest BCUT2D eigenvalue weighted by atomic mass is 16.1. The highest BCUT2D eigenvalue weighted by Gasteiger charge is 2.06. The van der Waals surface area contributed by atoms with Crippen molar-refractivity contribution >= 4 is 5.91 Å². The summed E-state index contributed by atoms with van der Waals surface area (Å²) in [4.78, 5) is 11.3. The molecule has 4 nitrogen and oxygen atoms in total. The van der Waals surface area contributed by atoms with Crippen LogP contribution in [0.5, 0.6) is 0 Å². The monoisotopic (exact) mass is 223 g/mol. The van der Waals surface area contributed by atoms with Crippen LogP contribution in [0.2, 0.25) is 0 Å². The fourth-order valence-electron chi connectivity index (χ4n) is 1.66. The molecule has 0 aliphatic carbocycles. The van der Waals surface area contributed by atoms with Crippen molar-refractivity contribution in [2.45, 2.75) is 46.6 Å². The molecule has 0 fully saturated rings. The van der Waals surface area contributed by atoms with E-state index < -0.39 is 0 Å². The van der Waals surface area contributed by atoms with Gasteiger partial charge in [-0.25, -0.2) is 0 Å². The molecular formula is C12H21N3O. The third kappa shape index (κ3) is 3.36. The first-order valence-corrected chi connectivity index (χ1v) is 6.03. The smallest absolute Gasteiger partial charge is 0.221 e. The molecule has 0 saturated carbocycles. The Morgan fingerprint density at radius 1 is 1.38 bits per heavy atom. The SMILES string of the molecule is CCNC(=O)CCn1nc(CC)cc1CC. The molecule has 0 aliphatic heterocycles. The number of hydrogen-bond donors (Lipinski definition) is 1. The van der Waals surface area contributed by atoms with Crippen LogP contribution >= 0.6 is 0 Å². The number of nitrogens with zero attached hydrogens (tertiary/aromatic N) is 2. The summed E-state index contributed by atoms with van der Waals surface area (Å²) in [6.45, 7) is 7.50. The molecule has 1 aromatic heterocycles. The fourth-order valence-corrected chi connectivity index (χ4v) is 1.66. The lowest BCUT2D eigenvalue weighted by molar-refractivity contribution is -0.121. The van der Waals surface area contributed by atoms with Gasteiger partial charge < -0.3 is 5.32 Å². The van der Waals surface area contributed by atoms with Crippen molar-refractivity contribution in [1.29, 1.82) is 0 Å². The van der Waals surface area contributed by atoms with Gasteiger partial charge >= 0.3 is 0 Å². The second-order valence-corrected chi connectivity index (χ2v) is 3.76. The van der Waals surface area contributed by atoms with Gasteiger partial charge in [-0.15, -0.1) is 0 Å². The van der Waals surface area contributed by atoms with Crippen molar-refractivity contribution in [3.05, 3.63) is 17.5 Å². The van der Waals surface area contributed by atoms with Crippen molar-refractivity contribution in [2.24, 2.45) is 0 Å². The molecule has 0 aliphatic rings. The summed E-state index contributed by atoms with van der Waals surface area (Å²) < 4.78 is 1.95. The largest absolute Gasteiger partial charge is 0.356 e. The number of carbonyl (C=O) groups excluding carboxylic acids is 1. The number of aryl methyl sites for hydroxylation is 3. The van der Waals surface area contributed by atoms with E-state index in [9.17, 15) is 4.79 Å². The zero-order chi connectivity index (χ0) is 12.0. The molecule has 0 bridgehead atoms. The van der Waals surface area contributed by atoms with Gasteiger partial charge in [0.25, 0.3) is 0 Å². The van der Waals surface area contributed by atoms with E-state index >= 15 is 0 Å². The van der Waals surface area contributed by atoms with E-state index in [4.69, 9.17) is 0 Å². The molecule has 0 spiro atoms. The van der Waals surface area contributed by atoms with Crippen LogP contribution < -0.4 is 5.32 Å². The lowest BCUT2D eigenvalue weighted by Crippen LogP contribution is -2.24. The number of nitrogens with one attached hydrogen (secondary N) is 1. The highest BCUT2D eigenvalue weighted by molar-refractivity contribution is 5.75. The van der Waals surface area contributed by atoms with Gasteiger partial charge in [0.05, 0.1) is 5.69 Å². The first-order valence-electron chi connectivity index (χ1n) is 6.03. The molecule has 0 aromatic carbocycles. The maximum absolute atomic E-state index is 11.3. The summed E-state index contributed by atoms with van der Waals surface area (Å²) in [5, 5.41) is 7.26. The summed E-state index contributed by atoms with van der Waals surface area (Å²) in [5.74, 6) is 0.0955. The van der Waals surface area contributed by atoms with Crippen LogP contribution in [0.1, 0.15) is 38.6 Å². The lowest BCUT2D eigenvalue weighted by Gasteiger charge is -2.05. The average Bonchev–Trinajstić information content (AvgIpc) is 2.69. The number of aromatic nitrogens is 2. The molecule has 1 rings (SSSR count). The average molecular weight is 223 g/mol. The van der Waals surface area contributed by atoms with E-state index in [1.807, 2.05) is 11.6 Å². The maximum Gasteiger partial charge on any atom is 0.221 e. The molecular weight excluding hydrogens is 202 g/mol. The van der Waals surface area contributed by atoms with E-state index in [0.717, 1.165) is 18.5 Å². The van der Waals surface area contributed by atoms with Gasteiger partial charge in [-0.05, 0) is 25.8 Å². The Labute approximate surface area is 97.0 Å². The van der Waals surface area contributed by atoms with Crippen molar-refractivity contribution in [3.8, 4) is 0 Å². The second kappa shape index (κ2) is 6.30. The molecule has 1 amide bonds. The van der Waals surface area contributed by atoms with Crippen LogP contribution in [0.3, 0.4) is 0 Å². The summed E-state index contributed by atoms with van der Waals surface area (Å²) in [7, 11) is 0. The Morgan fingerprint density at radius 2 is 2.12 bits per heavy atom. The molecule has 0 unspecified atom stereocenters. The van der Waals surface area contributed by atoms with E-state index in [-0.39, 0.29) is 5.91 Å². The molecule has 4 heteroatoms. The second-order valence-electron chi connectivity index (χ2n) is 3.76. The summed E-state index contributed by atoms with van der Waals surface area (Å²) in [6, 6.07) is 2.12. The normalized spacial score (nSPS) is 10.4. The molecule has 0 saturated heterocycles. The van der Waals surface area contributed by atoms with Crippen molar-refractivity contribution in [1.82, 2.24) is 15.1 Å². The minimum atomic E-state index is 0.0955. The topological polar surface area (TPSA) is 46.9 Å². The predicted molar refractivity (Wildman–Crippen MR) is 64.3 cm³/mol. The maximum atomic E-state index is 11.3. The molecule has 90 valence electrons. The number of rotatable bonds is 6. The fraction of sp³-hybridized carbons (Fsp3) is 0.667. The molecule has 1 aromatic rings. The first-order chi connectivity index (χ1) is 7.71. The Balaban J connectivity index is 2.58. The predicted octanol–water partition coefficient (Wildman–Crippen LogP) is 1.53. The lowest BCUT2D eigenvalue weighted by atomic mass is 10.2. The number of amides is 1. The van der Waals surface area contributed by atoms with Crippen LogP contribution in [-0.4, -0.2) is 22.2 Å². The Bertz CT molecular complexity index is 344. The number of carbonyl (C=O) groups is 1. The molecule has 0 atom stereocenters. The van der Waals surface area contributed by atoms with Crippen LogP contribution in [0, 0.1) is 0 Å². The Hall–Kier alpha value is -1.32. The van der Waals surface area contributed by atoms with Gasteiger partial charge in [-0.2, -0.15) is 5.10 Å². The molecule has 0 radical (unpaired) electrons. The minimum absolute atomic E-state index is 0.0955. The third-order valence-electron chi connectivity index (χ3n) is 2.56. The van der Waals surface area contributed by atoms with E-state index in [0.29, 0.717) is 19.5 Å². The Morgan fingerprint density at radius 3 is 2.69 bits per heavy atom. The van der Waals surface area contributed by atoms with E-state index in [2.05, 4.69) is 30.3 Å². The van der Waals surface area contributed by atoms with Crippen molar-refractivity contribution in [2.75, 3.05) is 6.54 Å². The van der Waals surface area contributed by atoms with E-state index in [1.54, 1.807) is 0 Å². The zero-order valence-electron chi connectivity index (χ0n) is 10.4. The summed E-state index contributed by atoms with van der Waals surface area (Å²) in [5.41, 5.74) is 2.31. The van der Waals surface area contributed by atoms with Gasteiger partial charge in [-0.1, -0.05) is 13.8 Å².